The van der Waals surface area contributed by atoms with Crippen molar-refractivity contribution in [1.82, 2.24) is 10.3 Å². The molecule has 1 amide bonds. The van der Waals surface area contributed by atoms with Gasteiger partial charge < -0.3 is 16.0 Å². The maximum Gasteiger partial charge on any atom is 0.267 e. The first kappa shape index (κ1) is 14.0. The summed E-state index contributed by atoms with van der Waals surface area (Å²) < 4.78 is 0. The molecule has 4 heteroatoms. The predicted molar refractivity (Wildman–Crippen MR) is 86.1 cm³/mol. The van der Waals surface area contributed by atoms with Gasteiger partial charge in [-0.3, -0.25) is 4.79 Å². The Morgan fingerprint density at radius 2 is 2.19 bits per heavy atom. The minimum Gasteiger partial charge on any atom is -0.399 e. The summed E-state index contributed by atoms with van der Waals surface area (Å²) in [6.45, 7) is 4.48. The number of nitrogens with two attached hydrogens (primary N) is 1. The van der Waals surface area contributed by atoms with Gasteiger partial charge in [0.05, 0.1) is 0 Å². The summed E-state index contributed by atoms with van der Waals surface area (Å²) in [6, 6.07) is 7.79. The lowest BCUT2D eigenvalue weighted by molar-refractivity contribution is 0.0922. The molecule has 1 aromatic heterocycles. The van der Waals surface area contributed by atoms with Crippen LogP contribution < -0.4 is 11.1 Å². The average molecular weight is 285 g/mol. The van der Waals surface area contributed by atoms with Crippen LogP contribution in [-0.4, -0.2) is 16.9 Å². The standard InChI is InChI=1S/C17H23N3O/c1-3-11-4-6-14(10(11)2)20-17(21)16-9-12-8-13(18)5-7-15(12)19-16/h5,7-11,14,19H,3-4,6,18H2,1-2H3,(H,20,21). The quantitative estimate of drug-likeness (QED) is 0.757. The second-order valence-corrected chi connectivity index (χ2v) is 6.21. The first-order valence-corrected chi connectivity index (χ1v) is 7.77. The van der Waals surface area contributed by atoms with Crippen LogP contribution in [0, 0.1) is 11.8 Å². The zero-order valence-electron chi connectivity index (χ0n) is 12.6. The number of H-pyrrole nitrogens is 1. The number of fused-ring (bicyclic) bond motifs is 1. The number of hydrogen-bond acceptors (Lipinski definition) is 2. The maximum atomic E-state index is 12.4. The Kier molecular flexibility index (Phi) is 3.62. The summed E-state index contributed by atoms with van der Waals surface area (Å²) in [4.78, 5) is 15.6. The molecule has 112 valence electrons. The Morgan fingerprint density at radius 1 is 1.38 bits per heavy atom. The highest BCUT2D eigenvalue weighted by Gasteiger charge is 2.32. The SMILES string of the molecule is CCC1CCC(NC(=O)c2cc3cc(N)ccc3[nH]2)C1C. The van der Waals surface area contributed by atoms with Crippen LogP contribution in [-0.2, 0) is 0 Å². The van der Waals surface area contributed by atoms with Crippen LogP contribution in [0.25, 0.3) is 10.9 Å². The maximum absolute atomic E-state index is 12.4. The highest BCUT2D eigenvalue weighted by molar-refractivity contribution is 5.98. The van der Waals surface area contributed by atoms with E-state index in [9.17, 15) is 4.79 Å². The number of hydrogen-bond donors (Lipinski definition) is 3. The number of aromatic nitrogens is 1. The number of carbonyl (C=O) groups excluding carboxylic acids is 1. The Labute approximate surface area is 125 Å². The molecule has 0 saturated heterocycles. The molecule has 1 aromatic carbocycles. The van der Waals surface area contributed by atoms with Crippen LogP contribution >= 0.6 is 0 Å². The predicted octanol–water partition coefficient (Wildman–Crippen LogP) is 3.30. The summed E-state index contributed by atoms with van der Waals surface area (Å²) in [6.07, 6.45) is 3.49. The molecule has 1 aliphatic carbocycles. The second-order valence-electron chi connectivity index (χ2n) is 6.21. The minimum absolute atomic E-state index is 0.0154. The molecule has 4 N–H and O–H groups in total. The van der Waals surface area contributed by atoms with Crippen molar-refractivity contribution in [2.24, 2.45) is 11.8 Å². The van der Waals surface area contributed by atoms with E-state index >= 15 is 0 Å². The van der Waals surface area contributed by atoms with Crippen molar-refractivity contribution in [2.45, 2.75) is 39.2 Å². The molecule has 3 rings (SSSR count). The lowest BCUT2D eigenvalue weighted by Crippen LogP contribution is -2.37. The van der Waals surface area contributed by atoms with Gasteiger partial charge in [0, 0.05) is 22.6 Å². The van der Waals surface area contributed by atoms with E-state index in [0.29, 0.717) is 23.3 Å². The van der Waals surface area contributed by atoms with Gasteiger partial charge in [0.25, 0.3) is 5.91 Å². The lowest BCUT2D eigenvalue weighted by atomic mass is 9.93. The van der Waals surface area contributed by atoms with Crippen LogP contribution in [0.4, 0.5) is 5.69 Å². The van der Waals surface area contributed by atoms with Crippen molar-refractivity contribution < 1.29 is 4.79 Å². The van der Waals surface area contributed by atoms with E-state index in [1.165, 1.54) is 12.8 Å². The number of nitrogens with one attached hydrogen (secondary N) is 2. The number of carbonyl (C=O) groups is 1. The number of benzene rings is 1. The van der Waals surface area contributed by atoms with Gasteiger partial charge in [-0.15, -0.1) is 0 Å². The minimum atomic E-state index is -0.0154. The normalized spacial score (nSPS) is 25.3. The fourth-order valence-electron chi connectivity index (χ4n) is 3.55. The average Bonchev–Trinajstić information content (AvgIpc) is 3.03. The summed E-state index contributed by atoms with van der Waals surface area (Å²) in [5.74, 6) is 1.27. The molecule has 3 atom stereocenters. The largest absolute Gasteiger partial charge is 0.399 e. The number of rotatable bonds is 3. The monoisotopic (exact) mass is 285 g/mol. The fourth-order valence-corrected chi connectivity index (χ4v) is 3.55. The number of anilines is 1. The van der Waals surface area contributed by atoms with E-state index in [1.54, 1.807) is 0 Å². The van der Waals surface area contributed by atoms with Crippen LogP contribution in [0.1, 0.15) is 43.6 Å². The molecule has 2 aromatic rings. The Balaban J connectivity index is 1.75. The van der Waals surface area contributed by atoms with Crippen molar-refractivity contribution in [3.8, 4) is 0 Å². The van der Waals surface area contributed by atoms with Crippen molar-refractivity contribution in [2.75, 3.05) is 5.73 Å². The van der Waals surface area contributed by atoms with Gasteiger partial charge in [0.2, 0.25) is 0 Å². The summed E-state index contributed by atoms with van der Waals surface area (Å²) in [5, 5.41) is 4.16. The van der Waals surface area contributed by atoms with Crippen molar-refractivity contribution in [3.63, 3.8) is 0 Å². The molecule has 1 saturated carbocycles. The first-order valence-electron chi connectivity index (χ1n) is 7.77. The highest BCUT2D eigenvalue weighted by atomic mass is 16.1. The fraction of sp³-hybridized carbons (Fsp3) is 0.471. The second kappa shape index (κ2) is 5.43. The molecule has 1 fully saturated rings. The van der Waals surface area contributed by atoms with Gasteiger partial charge in [-0.2, -0.15) is 0 Å². The van der Waals surface area contributed by atoms with Crippen LogP contribution in [0.3, 0.4) is 0 Å². The zero-order valence-corrected chi connectivity index (χ0v) is 12.6. The molecule has 21 heavy (non-hydrogen) atoms. The summed E-state index contributed by atoms with van der Waals surface area (Å²) in [7, 11) is 0. The first-order chi connectivity index (χ1) is 10.1. The van der Waals surface area contributed by atoms with Gasteiger partial charge >= 0.3 is 0 Å². The molecule has 3 unspecified atom stereocenters. The van der Waals surface area contributed by atoms with Gasteiger partial charge in [-0.1, -0.05) is 20.3 Å². The Bertz CT molecular complexity index is 661. The van der Waals surface area contributed by atoms with E-state index in [0.717, 1.165) is 23.2 Å². The van der Waals surface area contributed by atoms with Gasteiger partial charge in [0.1, 0.15) is 5.69 Å². The number of amides is 1. The molecule has 1 aliphatic rings. The third kappa shape index (κ3) is 2.62. The van der Waals surface area contributed by atoms with E-state index < -0.39 is 0 Å². The lowest BCUT2D eigenvalue weighted by Gasteiger charge is -2.20. The molecule has 0 bridgehead atoms. The van der Waals surface area contributed by atoms with E-state index in [2.05, 4.69) is 24.1 Å². The van der Waals surface area contributed by atoms with Crippen LogP contribution in [0.5, 0.6) is 0 Å². The molecular formula is C17H23N3O. The molecule has 0 spiro atoms. The molecule has 0 aliphatic heterocycles. The number of nitrogen functional groups attached to an aromatic ring is 1. The molecule has 4 nitrogen and oxygen atoms in total. The van der Waals surface area contributed by atoms with Crippen LogP contribution in [0.15, 0.2) is 24.3 Å². The third-order valence-electron chi connectivity index (χ3n) is 4.96. The summed E-state index contributed by atoms with van der Waals surface area (Å²) >= 11 is 0. The van der Waals surface area contributed by atoms with E-state index in [-0.39, 0.29) is 5.91 Å². The van der Waals surface area contributed by atoms with Crippen molar-refractivity contribution >= 4 is 22.5 Å². The molecule has 0 radical (unpaired) electrons. The Morgan fingerprint density at radius 3 is 2.90 bits per heavy atom. The zero-order chi connectivity index (χ0) is 15.0. The Hall–Kier alpha value is -1.97. The third-order valence-corrected chi connectivity index (χ3v) is 4.96. The summed E-state index contributed by atoms with van der Waals surface area (Å²) in [5.41, 5.74) is 8.05. The van der Waals surface area contributed by atoms with Crippen molar-refractivity contribution in [1.29, 1.82) is 0 Å². The van der Waals surface area contributed by atoms with E-state index in [1.807, 2.05) is 24.3 Å². The molecule has 1 heterocycles. The van der Waals surface area contributed by atoms with Gasteiger partial charge in [0.15, 0.2) is 0 Å². The van der Waals surface area contributed by atoms with Gasteiger partial charge in [-0.05, 0) is 48.9 Å². The van der Waals surface area contributed by atoms with Gasteiger partial charge in [-0.25, -0.2) is 0 Å². The van der Waals surface area contributed by atoms with Crippen molar-refractivity contribution in [3.05, 3.63) is 30.0 Å². The van der Waals surface area contributed by atoms with Crippen LogP contribution in [0.2, 0.25) is 0 Å². The molecular weight excluding hydrogens is 262 g/mol. The smallest absolute Gasteiger partial charge is 0.267 e. The topological polar surface area (TPSA) is 70.9 Å². The highest BCUT2D eigenvalue weighted by Crippen LogP contribution is 2.34. The number of aromatic amines is 1. The van der Waals surface area contributed by atoms with E-state index in [4.69, 9.17) is 5.73 Å².